The molecule has 0 fully saturated rings. The van der Waals surface area contributed by atoms with Gasteiger partial charge in [-0.2, -0.15) is 0 Å². The minimum absolute atomic E-state index is 0.147. The van der Waals surface area contributed by atoms with E-state index in [0.717, 1.165) is 5.69 Å². The van der Waals surface area contributed by atoms with E-state index in [1.165, 1.54) is 22.3 Å². The number of hydrogen-bond acceptors (Lipinski definition) is 1. The van der Waals surface area contributed by atoms with Gasteiger partial charge in [-0.05, 0) is 54.2 Å². The van der Waals surface area contributed by atoms with Gasteiger partial charge in [0.25, 0.3) is 0 Å². The molecule has 0 aliphatic carbocycles. The van der Waals surface area contributed by atoms with Crippen LogP contribution in [0.5, 0.6) is 0 Å². The number of rotatable bonds is 2. The van der Waals surface area contributed by atoms with Crippen LogP contribution in [0.1, 0.15) is 45.7 Å². The molecule has 0 spiro atoms. The first kappa shape index (κ1) is 14.5. The van der Waals surface area contributed by atoms with E-state index in [1.54, 1.807) is 0 Å². The van der Waals surface area contributed by atoms with Gasteiger partial charge in [0.2, 0.25) is 0 Å². The molecule has 104 valence electrons. The molecule has 0 radical (unpaired) electrons. The molecule has 0 aliphatic heterocycles. The third-order valence-electron chi connectivity index (χ3n) is 3.67. The number of pyridine rings is 1. The van der Waals surface area contributed by atoms with E-state index in [4.69, 9.17) is 0 Å². The van der Waals surface area contributed by atoms with Crippen molar-refractivity contribution in [3.05, 3.63) is 59.8 Å². The van der Waals surface area contributed by atoms with Gasteiger partial charge < -0.3 is 0 Å². The molecule has 20 heavy (non-hydrogen) atoms. The van der Waals surface area contributed by atoms with Gasteiger partial charge >= 0.3 is 0 Å². The zero-order valence-corrected chi connectivity index (χ0v) is 13.1. The number of aromatic nitrogens is 1. The van der Waals surface area contributed by atoms with Gasteiger partial charge in [-0.3, -0.25) is 4.98 Å². The average Bonchev–Trinajstić information content (AvgIpc) is 2.46. The Labute approximate surface area is 122 Å². The summed E-state index contributed by atoms with van der Waals surface area (Å²) in [5.74, 6) is 0. The van der Waals surface area contributed by atoms with Crippen LogP contribution in [0, 0.1) is 0 Å². The smallest absolute Gasteiger partial charge is 0.0705 e. The first-order valence-electron chi connectivity index (χ1n) is 7.12. The Bertz CT molecular complexity index is 630. The van der Waals surface area contributed by atoms with Crippen molar-refractivity contribution >= 4 is 5.57 Å². The molecule has 0 unspecified atom stereocenters. The number of nitrogens with zero attached hydrogens (tertiary/aromatic N) is 1. The summed E-state index contributed by atoms with van der Waals surface area (Å²) in [4.78, 5) is 4.53. The minimum atomic E-state index is 0.147. The molecule has 1 aromatic heterocycles. The van der Waals surface area contributed by atoms with E-state index >= 15 is 0 Å². The lowest BCUT2D eigenvalue weighted by Gasteiger charge is -2.19. The van der Waals surface area contributed by atoms with Crippen LogP contribution in [0.25, 0.3) is 16.8 Å². The summed E-state index contributed by atoms with van der Waals surface area (Å²) in [6.07, 6.45) is 4.04. The molecule has 0 bridgehead atoms. The molecule has 0 saturated carbocycles. The second-order valence-corrected chi connectivity index (χ2v) is 6.23. The van der Waals surface area contributed by atoms with Gasteiger partial charge in [0.1, 0.15) is 0 Å². The van der Waals surface area contributed by atoms with Crippen LogP contribution in [-0.2, 0) is 5.41 Å². The van der Waals surface area contributed by atoms with Crippen molar-refractivity contribution in [2.45, 2.75) is 40.0 Å². The van der Waals surface area contributed by atoms with Gasteiger partial charge in [-0.25, -0.2) is 0 Å². The molecule has 2 aromatic rings. The fourth-order valence-electron chi connectivity index (χ4n) is 2.15. The molecule has 0 aliphatic rings. The summed E-state index contributed by atoms with van der Waals surface area (Å²) < 4.78 is 0. The molecule has 1 aromatic carbocycles. The Kier molecular flexibility index (Phi) is 4.08. The standard InChI is InChI=1S/C19H23N/c1-6-14(2)15-8-7-9-16(12-15)18-13-17(10-11-20-18)19(3,4)5/h6-13H,1-5H3/b14-6+. The molecule has 2 rings (SSSR count). The predicted molar refractivity (Wildman–Crippen MR) is 87.7 cm³/mol. The van der Waals surface area contributed by atoms with Crippen LogP contribution in [-0.4, -0.2) is 4.98 Å². The largest absolute Gasteiger partial charge is 0.256 e. The van der Waals surface area contributed by atoms with Gasteiger partial charge in [0.15, 0.2) is 0 Å². The topological polar surface area (TPSA) is 12.9 Å². The molecule has 1 heterocycles. The zero-order valence-electron chi connectivity index (χ0n) is 13.1. The van der Waals surface area contributed by atoms with Crippen LogP contribution in [0.4, 0.5) is 0 Å². The fraction of sp³-hybridized carbons (Fsp3) is 0.316. The highest BCUT2D eigenvalue weighted by Gasteiger charge is 2.14. The Morgan fingerprint density at radius 3 is 2.50 bits per heavy atom. The van der Waals surface area contributed by atoms with E-state index in [1.807, 2.05) is 6.20 Å². The first-order chi connectivity index (χ1) is 9.41. The molecular formula is C19H23N. The van der Waals surface area contributed by atoms with Crippen LogP contribution in [0.2, 0.25) is 0 Å². The van der Waals surface area contributed by atoms with Crippen molar-refractivity contribution in [3.8, 4) is 11.3 Å². The van der Waals surface area contributed by atoms with Crippen LogP contribution >= 0.6 is 0 Å². The van der Waals surface area contributed by atoms with Gasteiger partial charge in [0.05, 0.1) is 5.69 Å². The maximum Gasteiger partial charge on any atom is 0.0705 e. The predicted octanol–water partition coefficient (Wildman–Crippen LogP) is 5.47. The Morgan fingerprint density at radius 1 is 1.10 bits per heavy atom. The first-order valence-corrected chi connectivity index (χ1v) is 7.12. The highest BCUT2D eigenvalue weighted by Crippen LogP contribution is 2.27. The fourth-order valence-corrected chi connectivity index (χ4v) is 2.15. The maximum absolute atomic E-state index is 4.53. The number of benzene rings is 1. The maximum atomic E-state index is 4.53. The van der Waals surface area contributed by atoms with Gasteiger partial charge in [0, 0.05) is 11.8 Å². The molecule has 0 atom stereocenters. The van der Waals surface area contributed by atoms with Crippen molar-refractivity contribution in [2.24, 2.45) is 0 Å². The van der Waals surface area contributed by atoms with Crippen LogP contribution in [0.15, 0.2) is 48.7 Å². The van der Waals surface area contributed by atoms with Crippen molar-refractivity contribution in [1.82, 2.24) is 4.98 Å². The van der Waals surface area contributed by atoms with Crippen LogP contribution in [0.3, 0.4) is 0 Å². The molecule has 0 amide bonds. The van der Waals surface area contributed by atoms with E-state index in [9.17, 15) is 0 Å². The van der Waals surface area contributed by atoms with Crippen molar-refractivity contribution < 1.29 is 0 Å². The van der Waals surface area contributed by atoms with E-state index in [-0.39, 0.29) is 5.41 Å². The molecule has 0 saturated heterocycles. The summed E-state index contributed by atoms with van der Waals surface area (Å²) in [5, 5.41) is 0. The van der Waals surface area contributed by atoms with Gasteiger partial charge in [-0.15, -0.1) is 0 Å². The lowest BCUT2D eigenvalue weighted by molar-refractivity contribution is 0.589. The zero-order chi connectivity index (χ0) is 14.8. The number of allylic oxidation sites excluding steroid dienone is 2. The van der Waals surface area contributed by atoms with Crippen molar-refractivity contribution in [1.29, 1.82) is 0 Å². The second kappa shape index (κ2) is 5.62. The quantitative estimate of drug-likeness (QED) is 0.701. The Balaban J connectivity index is 2.47. The average molecular weight is 265 g/mol. The monoisotopic (exact) mass is 265 g/mol. The highest BCUT2D eigenvalue weighted by atomic mass is 14.7. The SMILES string of the molecule is C/C=C(\C)c1cccc(-c2cc(C(C)(C)C)ccn2)c1. The Hall–Kier alpha value is -1.89. The lowest BCUT2D eigenvalue weighted by atomic mass is 9.87. The van der Waals surface area contributed by atoms with E-state index in [2.05, 4.69) is 82.1 Å². The minimum Gasteiger partial charge on any atom is -0.256 e. The summed E-state index contributed by atoms with van der Waals surface area (Å²) in [7, 11) is 0. The van der Waals surface area contributed by atoms with E-state index < -0.39 is 0 Å². The highest BCUT2D eigenvalue weighted by molar-refractivity contribution is 5.70. The van der Waals surface area contributed by atoms with Crippen LogP contribution < -0.4 is 0 Å². The Morgan fingerprint density at radius 2 is 1.85 bits per heavy atom. The molecule has 0 N–H and O–H groups in total. The molecule has 1 heteroatoms. The van der Waals surface area contributed by atoms with Crippen molar-refractivity contribution in [3.63, 3.8) is 0 Å². The lowest BCUT2D eigenvalue weighted by Crippen LogP contribution is -2.11. The third-order valence-corrected chi connectivity index (χ3v) is 3.67. The molecule has 1 nitrogen and oxygen atoms in total. The molecular weight excluding hydrogens is 242 g/mol. The van der Waals surface area contributed by atoms with Gasteiger partial charge in [-0.1, -0.05) is 45.0 Å². The summed E-state index contributed by atoms with van der Waals surface area (Å²) in [5.41, 5.74) is 6.23. The third kappa shape index (κ3) is 3.16. The summed E-state index contributed by atoms with van der Waals surface area (Å²) in [6, 6.07) is 12.9. The number of hydrogen-bond donors (Lipinski definition) is 0. The summed E-state index contributed by atoms with van der Waals surface area (Å²) in [6.45, 7) is 10.9. The van der Waals surface area contributed by atoms with Crippen molar-refractivity contribution in [2.75, 3.05) is 0 Å². The second-order valence-electron chi connectivity index (χ2n) is 6.23. The van der Waals surface area contributed by atoms with E-state index in [0.29, 0.717) is 0 Å². The summed E-state index contributed by atoms with van der Waals surface area (Å²) >= 11 is 0. The normalized spacial score (nSPS) is 12.6.